The van der Waals surface area contributed by atoms with Gasteiger partial charge in [-0.1, -0.05) is 31.5 Å². The van der Waals surface area contributed by atoms with E-state index in [1.807, 2.05) is 0 Å². The first-order valence-corrected chi connectivity index (χ1v) is 7.74. The van der Waals surface area contributed by atoms with Crippen molar-refractivity contribution in [3.05, 3.63) is 48.4 Å². The molecule has 0 amide bonds. The Hall–Kier alpha value is -1.75. The first-order valence-electron chi connectivity index (χ1n) is 6.25. The van der Waals surface area contributed by atoms with E-state index in [-0.39, 0.29) is 9.92 Å². The van der Waals surface area contributed by atoms with E-state index in [9.17, 15) is 8.42 Å². The predicted molar refractivity (Wildman–Crippen MR) is 72.5 cm³/mol. The van der Waals surface area contributed by atoms with Crippen molar-refractivity contribution in [2.24, 2.45) is 0 Å². The van der Waals surface area contributed by atoms with E-state index >= 15 is 0 Å². The van der Waals surface area contributed by atoms with Crippen molar-refractivity contribution >= 4 is 9.84 Å². The molecule has 0 N–H and O–H groups in total. The van der Waals surface area contributed by atoms with Crippen LogP contribution in [-0.2, 0) is 16.3 Å². The molecular weight excluding hydrogens is 260 g/mol. The van der Waals surface area contributed by atoms with Crippen LogP contribution in [-0.4, -0.2) is 18.4 Å². The van der Waals surface area contributed by atoms with E-state index < -0.39 is 9.84 Å². The fourth-order valence-electron chi connectivity index (χ4n) is 1.74. The number of rotatable bonds is 5. The van der Waals surface area contributed by atoms with Crippen molar-refractivity contribution in [1.29, 1.82) is 0 Å². The lowest BCUT2D eigenvalue weighted by Crippen LogP contribution is -2.06. The largest absolute Gasteiger partial charge is 0.241 e. The SMILES string of the molecule is CCCCc1cc(S(=O)(=O)c2ccccc2)ncn1. The summed E-state index contributed by atoms with van der Waals surface area (Å²) >= 11 is 0. The average molecular weight is 276 g/mol. The Kier molecular flexibility index (Phi) is 4.27. The Balaban J connectivity index is 2.36. The molecule has 0 spiro atoms. The van der Waals surface area contributed by atoms with Crippen molar-refractivity contribution in [2.75, 3.05) is 0 Å². The molecule has 0 saturated carbocycles. The summed E-state index contributed by atoms with van der Waals surface area (Å²) in [4.78, 5) is 8.26. The zero-order valence-corrected chi connectivity index (χ0v) is 11.6. The van der Waals surface area contributed by atoms with E-state index in [1.54, 1.807) is 36.4 Å². The smallest absolute Gasteiger partial charge is 0.223 e. The van der Waals surface area contributed by atoms with Crippen LogP contribution < -0.4 is 0 Å². The second kappa shape index (κ2) is 5.93. The first kappa shape index (κ1) is 13.7. The van der Waals surface area contributed by atoms with Gasteiger partial charge in [0.25, 0.3) is 0 Å². The normalized spacial score (nSPS) is 11.4. The van der Waals surface area contributed by atoms with Crippen LogP contribution in [0.2, 0.25) is 0 Å². The van der Waals surface area contributed by atoms with Gasteiger partial charge in [0.15, 0.2) is 5.03 Å². The molecule has 1 heterocycles. The summed E-state index contributed by atoms with van der Waals surface area (Å²) in [5.74, 6) is 0. The van der Waals surface area contributed by atoms with Gasteiger partial charge in [0, 0.05) is 5.69 Å². The Morgan fingerprint density at radius 2 is 1.84 bits per heavy atom. The molecule has 0 aliphatic heterocycles. The second-order valence-corrected chi connectivity index (χ2v) is 6.16. The minimum Gasteiger partial charge on any atom is -0.241 e. The van der Waals surface area contributed by atoms with Gasteiger partial charge in [-0.05, 0) is 31.0 Å². The molecule has 5 heteroatoms. The Labute approximate surface area is 113 Å². The number of sulfone groups is 1. The van der Waals surface area contributed by atoms with Crippen LogP contribution in [0.4, 0.5) is 0 Å². The summed E-state index contributed by atoms with van der Waals surface area (Å²) in [5, 5.41) is 0.0693. The molecule has 4 nitrogen and oxygen atoms in total. The summed E-state index contributed by atoms with van der Waals surface area (Å²) < 4.78 is 24.7. The monoisotopic (exact) mass is 276 g/mol. The van der Waals surface area contributed by atoms with Gasteiger partial charge < -0.3 is 0 Å². The molecule has 0 unspecified atom stereocenters. The van der Waals surface area contributed by atoms with Crippen LogP contribution in [0.15, 0.2) is 52.6 Å². The van der Waals surface area contributed by atoms with Crippen LogP contribution in [0.25, 0.3) is 0 Å². The van der Waals surface area contributed by atoms with Crippen LogP contribution in [0.1, 0.15) is 25.5 Å². The predicted octanol–water partition coefficient (Wildman–Crippen LogP) is 2.65. The quantitative estimate of drug-likeness (QED) is 0.788. The molecule has 1 aromatic heterocycles. The van der Waals surface area contributed by atoms with Gasteiger partial charge in [-0.3, -0.25) is 0 Å². The molecule has 0 fully saturated rings. The minimum absolute atomic E-state index is 0.0693. The molecular formula is C14H16N2O2S. The highest BCUT2D eigenvalue weighted by Crippen LogP contribution is 2.18. The molecule has 0 aliphatic carbocycles. The lowest BCUT2D eigenvalue weighted by molar-refractivity contribution is 0.591. The molecule has 2 aromatic rings. The molecule has 0 radical (unpaired) electrons. The molecule has 0 aliphatic rings. The summed E-state index contributed by atoms with van der Waals surface area (Å²) in [6.07, 6.45) is 4.13. The van der Waals surface area contributed by atoms with Crippen molar-refractivity contribution in [1.82, 2.24) is 9.97 Å². The highest BCUT2D eigenvalue weighted by atomic mass is 32.2. The molecule has 0 bridgehead atoms. The highest BCUT2D eigenvalue weighted by molar-refractivity contribution is 7.91. The van der Waals surface area contributed by atoms with Gasteiger partial charge >= 0.3 is 0 Å². The summed E-state index contributed by atoms with van der Waals surface area (Å²) in [6, 6.07) is 9.90. The zero-order chi connectivity index (χ0) is 13.7. The van der Waals surface area contributed by atoms with Crippen molar-refractivity contribution in [2.45, 2.75) is 36.1 Å². The van der Waals surface area contributed by atoms with E-state index in [1.165, 1.54) is 6.33 Å². The lowest BCUT2D eigenvalue weighted by Gasteiger charge is -2.05. The van der Waals surface area contributed by atoms with E-state index in [2.05, 4.69) is 16.9 Å². The topological polar surface area (TPSA) is 59.9 Å². The fourth-order valence-corrected chi connectivity index (χ4v) is 2.97. The Bertz CT molecular complexity index is 640. The van der Waals surface area contributed by atoms with Crippen LogP contribution in [0, 0.1) is 0 Å². The van der Waals surface area contributed by atoms with Gasteiger partial charge in [0.05, 0.1) is 4.90 Å². The van der Waals surface area contributed by atoms with Crippen molar-refractivity contribution in [3.8, 4) is 0 Å². The van der Waals surface area contributed by atoms with Gasteiger partial charge in [-0.2, -0.15) is 0 Å². The fraction of sp³-hybridized carbons (Fsp3) is 0.286. The summed E-state index contributed by atoms with van der Waals surface area (Å²) in [7, 11) is -3.54. The maximum atomic E-state index is 12.4. The zero-order valence-electron chi connectivity index (χ0n) is 10.8. The third kappa shape index (κ3) is 3.17. The number of aryl methyl sites for hydroxylation is 1. The Morgan fingerprint density at radius 3 is 2.53 bits per heavy atom. The van der Waals surface area contributed by atoms with Gasteiger partial charge in [0.2, 0.25) is 9.84 Å². The van der Waals surface area contributed by atoms with Crippen LogP contribution in [0.3, 0.4) is 0 Å². The van der Waals surface area contributed by atoms with Gasteiger partial charge in [-0.15, -0.1) is 0 Å². The van der Waals surface area contributed by atoms with E-state index in [4.69, 9.17) is 0 Å². The molecule has 2 rings (SSSR count). The number of hydrogen-bond donors (Lipinski definition) is 0. The van der Waals surface area contributed by atoms with Crippen LogP contribution in [0.5, 0.6) is 0 Å². The second-order valence-electron chi connectivity index (χ2n) is 4.27. The molecule has 100 valence electrons. The number of hydrogen-bond acceptors (Lipinski definition) is 4. The third-order valence-electron chi connectivity index (χ3n) is 2.81. The van der Waals surface area contributed by atoms with Gasteiger partial charge in [-0.25, -0.2) is 18.4 Å². The lowest BCUT2D eigenvalue weighted by atomic mass is 10.2. The number of aromatic nitrogens is 2. The molecule has 1 aromatic carbocycles. The number of nitrogens with zero attached hydrogens (tertiary/aromatic N) is 2. The van der Waals surface area contributed by atoms with E-state index in [0.717, 1.165) is 25.0 Å². The molecule has 0 saturated heterocycles. The number of unbranched alkanes of at least 4 members (excludes halogenated alkanes) is 1. The highest BCUT2D eigenvalue weighted by Gasteiger charge is 2.19. The maximum absolute atomic E-state index is 12.4. The average Bonchev–Trinajstić information content (AvgIpc) is 2.46. The van der Waals surface area contributed by atoms with Crippen molar-refractivity contribution in [3.63, 3.8) is 0 Å². The van der Waals surface area contributed by atoms with Gasteiger partial charge in [0.1, 0.15) is 6.33 Å². The number of benzene rings is 1. The molecule has 0 atom stereocenters. The van der Waals surface area contributed by atoms with Crippen LogP contribution >= 0.6 is 0 Å². The Morgan fingerprint density at radius 1 is 1.11 bits per heavy atom. The maximum Gasteiger partial charge on any atom is 0.223 e. The summed E-state index contributed by atoms with van der Waals surface area (Å²) in [5.41, 5.74) is 0.770. The standard InChI is InChI=1S/C14H16N2O2S/c1-2-3-7-12-10-14(16-11-15-12)19(17,18)13-8-5-4-6-9-13/h4-6,8-11H,2-3,7H2,1H3. The molecule has 19 heavy (non-hydrogen) atoms. The van der Waals surface area contributed by atoms with Crippen molar-refractivity contribution < 1.29 is 8.42 Å². The summed E-state index contributed by atoms with van der Waals surface area (Å²) in [6.45, 7) is 2.09. The van der Waals surface area contributed by atoms with E-state index in [0.29, 0.717) is 0 Å². The third-order valence-corrected chi connectivity index (χ3v) is 4.48. The first-order chi connectivity index (χ1) is 9.14. The minimum atomic E-state index is -3.54.